The van der Waals surface area contributed by atoms with Gasteiger partial charge in [-0.3, -0.25) is 0 Å². The Hall–Kier alpha value is -1.55. The van der Waals surface area contributed by atoms with Crippen molar-refractivity contribution in [2.24, 2.45) is 5.41 Å². The van der Waals surface area contributed by atoms with Gasteiger partial charge in [0.2, 0.25) is 0 Å². The fourth-order valence-corrected chi connectivity index (χ4v) is 2.44. The molecule has 1 aromatic carbocycles. The van der Waals surface area contributed by atoms with Gasteiger partial charge < -0.3 is 15.3 Å². The molecule has 3 N–H and O–H groups in total. The Kier molecular flexibility index (Phi) is 3.80. The summed E-state index contributed by atoms with van der Waals surface area (Å²) in [5, 5.41) is 3.59. The predicted octanol–water partition coefficient (Wildman–Crippen LogP) is 2.94. The number of rotatable bonds is 4. The lowest BCUT2D eigenvalue weighted by atomic mass is 9.82. The molecule has 0 amide bonds. The Morgan fingerprint density at radius 2 is 1.89 bits per heavy atom. The van der Waals surface area contributed by atoms with E-state index in [-0.39, 0.29) is 17.1 Å². The van der Waals surface area contributed by atoms with Gasteiger partial charge in [0.05, 0.1) is 11.0 Å². The van der Waals surface area contributed by atoms with Gasteiger partial charge in [-0.15, -0.1) is 0 Å². The fourth-order valence-electron chi connectivity index (χ4n) is 2.44. The predicted molar refractivity (Wildman–Crippen MR) is 79.4 cm³/mol. The van der Waals surface area contributed by atoms with Crippen LogP contribution in [0.4, 0.5) is 0 Å². The van der Waals surface area contributed by atoms with Crippen LogP contribution >= 0.6 is 0 Å². The van der Waals surface area contributed by atoms with Crippen LogP contribution in [-0.4, -0.2) is 16.5 Å². The number of hydrogen-bond acceptors (Lipinski definition) is 2. The van der Waals surface area contributed by atoms with E-state index in [0.717, 1.165) is 24.0 Å². The topological polar surface area (TPSA) is 60.7 Å². The highest BCUT2D eigenvalue weighted by atomic mass is 16.1. The molecule has 0 saturated heterocycles. The van der Waals surface area contributed by atoms with Crippen molar-refractivity contribution in [3.05, 3.63) is 34.2 Å². The number of fused-ring (bicyclic) bond motifs is 1. The van der Waals surface area contributed by atoms with Crippen LogP contribution in [-0.2, 0) is 0 Å². The molecule has 2 rings (SSSR count). The summed E-state index contributed by atoms with van der Waals surface area (Å²) < 4.78 is 0. The van der Waals surface area contributed by atoms with Gasteiger partial charge in [0, 0.05) is 6.04 Å². The van der Waals surface area contributed by atoms with E-state index in [9.17, 15) is 4.79 Å². The third-order valence-corrected chi connectivity index (χ3v) is 3.34. The molecule has 1 unspecified atom stereocenters. The quantitative estimate of drug-likeness (QED) is 0.792. The zero-order chi connectivity index (χ0) is 14.0. The largest absolute Gasteiger partial charge is 0.323 e. The van der Waals surface area contributed by atoms with Gasteiger partial charge in [0.15, 0.2) is 0 Å². The van der Waals surface area contributed by atoms with E-state index in [1.165, 1.54) is 5.56 Å². The van der Waals surface area contributed by atoms with Gasteiger partial charge >= 0.3 is 5.69 Å². The summed E-state index contributed by atoms with van der Waals surface area (Å²) in [6, 6.07) is 6.39. The molecule has 0 aliphatic heterocycles. The third-order valence-electron chi connectivity index (χ3n) is 3.34. The summed E-state index contributed by atoms with van der Waals surface area (Å²) in [6.45, 7) is 9.84. The SMILES string of the molecule is CCCNC(c1ccc2[nH]c(=O)[nH]c2c1)C(C)(C)C. The van der Waals surface area contributed by atoms with Crippen molar-refractivity contribution < 1.29 is 0 Å². The molecule has 0 saturated carbocycles. The molecule has 0 bridgehead atoms. The lowest BCUT2D eigenvalue weighted by Gasteiger charge is -2.32. The number of nitrogens with one attached hydrogen (secondary N) is 3. The van der Waals surface area contributed by atoms with Crippen LogP contribution in [0.3, 0.4) is 0 Å². The highest BCUT2D eigenvalue weighted by Crippen LogP contribution is 2.33. The Morgan fingerprint density at radius 3 is 2.53 bits per heavy atom. The van der Waals surface area contributed by atoms with Gasteiger partial charge in [-0.1, -0.05) is 33.8 Å². The fraction of sp³-hybridized carbons (Fsp3) is 0.533. The molecule has 4 heteroatoms. The summed E-state index contributed by atoms with van der Waals surface area (Å²) in [5.41, 5.74) is 2.91. The lowest BCUT2D eigenvalue weighted by molar-refractivity contribution is 0.273. The van der Waals surface area contributed by atoms with Gasteiger partial charge in [0.1, 0.15) is 0 Å². The van der Waals surface area contributed by atoms with Crippen LogP contribution in [0.15, 0.2) is 23.0 Å². The highest BCUT2D eigenvalue weighted by molar-refractivity contribution is 5.75. The standard InChI is InChI=1S/C15H23N3O/c1-5-8-16-13(15(2,3)4)10-6-7-11-12(9-10)18-14(19)17-11/h6-7,9,13,16H,5,8H2,1-4H3,(H2,17,18,19). The van der Waals surface area contributed by atoms with Gasteiger partial charge in [-0.05, 0) is 36.1 Å². The molecule has 1 heterocycles. The zero-order valence-corrected chi connectivity index (χ0v) is 12.1. The Morgan fingerprint density at radius 1 is 1.21 bits per heavy atom. The highest BCUT2D eigenvalue weighted by Gasteiger charge is 2.25. The monoisotopic (exact) mass is 261 g/mol. The van der Waals surface area contributed by atoms with E-state index >= 15 is 0 Å². The maximum Gasteiger partial charge on any atom is 0.323 e. The number of hydrogen-bond donors (Lipinski definition) is 3. The second-order valence-electron chi connectivity index (χ2n) is 6.14. The first kappa shape index (κ1) is 13.9. The van der Waals surface area contributed by atoms with Gasteiger partial charge in [-0.2, -0.15) is 0 Å². The number of aromatic amines is 2. The average molecular weight is 261 g/mol. The minimum Gasteiger partial charge on any atom is -0.309 e. The molecule has 0 aliphatic carbocycles. The van der Waals surface area contributed by atoms with Gasteiger partial charge in [-0.25, -0.2) is 4.79 Å². The van der Waals surface area contributed by atoms with Crippen molar-refractivity contribution >= 4 is 11.0 Å². The number of imidazole rings is 1. The van der Waals surface area contributed by atoms with Crippen molar-refractivity contribution in [2.75, 3.05) is 6.54 Å². The van der Waals surface area contributed by atoms with Crippen molar-refractivity contribution in [1.29, 1.82) is 0 Å². The molecular weight excluding hydrogens is 238 g/mol. The normalized spacial score (nSPS) is 13.9. The molecule has 0 aliphatic rings. The summed E-state index contributed by atoms with van der Waals surface area (Å²) in [4.78, 5) is 16.9. The van der Waals surface area contributed by atoms with Crippen molar-refractivity contribution in [2.45, 2.75) is 40.2 Å². The van der Waals surface area contributed by atoms with Crippen LogP contribution in [0, 0.1) is 5.41 Å². The molecule has 1 aromatic heterocycles. The lowest BCUT2D eigenvalue weighted by Crippen LogP contribution is -2.32. The van der Waals surface area contributed by atoms with Gasteiger partial charge in [0.25, 0.3) is 0 Å². The smallest absolute Gasteiger partial charge is 0.309 e. The molecule has 104 valence electrons. The van der Waals surface area contributed by atoms with Crippen LogP contribution in [0.1, 0.15) is 45.7 Å². The molecule has 2 aromatic rings. The first-order valence-corrected chi connectivity index (χ1v) is 6.87. The maximum atomic E-state index is 11.3. The number of aromatic nitrogens is 2. The molecule has 4 nitrogen and oxygen atoms in total. The maximum absolute atomic E-state index is 11.3. The second kappa shape index (κ2) is 5.21. The molecule has 0 radical (unpaired) electrons. The minimum absolute atomic E-state index is 0.124. The zero-order valence-electron chi connectivity index (χ0n) is 12.1. The summed E-state index contributed by atoms with van der Waals surface area (Å²) in [5.74, 6) is 0. The van der Waals surface area contributed by atoms with E-state index in [1.54, 1.807) is 0 Å². The number of H-pyrrole nitrogens is 2. The first-order valence-electron chi connectivity index (χ1n) is 6.87. The van der Waals surface area contributed by atoms with Crippen LogP contribution < -0.4 is 11.0 Å². The molecule has 0 spiro atoms. The Balaban J connectivity index is 2.40. The van der Waals surface area contributed by atoms with E-state index in [0.29, 0.717) is 0 Å². The molecular formula is C15H23N3O. The van der Waals surface area contributed by atoms with E-state index in [1.807, 2.05) is 6.07 Å². The molecule has 0 fully saturated rings. The van der Waals surface area contributed by atoms with E-state index < -0.39 is 0 Å². The molecule has 1 atom stereocenters. The third kappa shape index (κ3) is 3.07. The van der Waals surface area contributed by atoms with Crippen LogP contribution in [0.25, 0.3) is 11.0 Å². The number of benzene rings is 1. The molecule has 19 heavy (non-hydrogen) atoms. The average Bonchev–Trinajstić information content (AvgIpc) is 2.67. The van der Waals surface area contributed by atoms with Crippen molar-refractivity contribution in [1.82, 2.24) is 15.3 Å². The van der Waals surface area contributed by atoms with E-state index in [2.05, 4.69) is 55.1 Å². The minimum atomic E-state index is -0.152. The Labute approximate surface area is 113 Å². The van der Waals surface area contributed by atoms with E-state index in [4.69, 9.17) is 0 Å². The first-order chi connectivity index (χ1) is 8.91. The second-order valence-corrected chi connectivity index (χ2v) is 6.14. The summed E-state index contributed by atoms with van der Waals surface area (Å²) in [6.07, 6.45) is 1.11. The van der Waals surface area contributed by atoms with Crippen molar-refractivity contribution in [3.63, 3.8) is 0 Å². The van der Waals surface area contributed by atoms with Crippen LogP contribution in [0.5, 0.6) is 0 Å². The summed E-state index contributed by atoms with van der Waals surface area (Å²) >= 11 is 0. The summed E-state index contributed by atoms with van der Waals surface area (Å²) in [7, 11) is 0. The Bertz CT molecular complexity index is 604. The van der Waals surface area contributed by atoms with Crippen LogP contribution in [0.2, 0.25) is 0 Å². The van der Waals surface area contributed by atoms with Crippen molar-refractivity contribution in [3.8, 4) is 0 Å².